The molecule has 132 valence electrons. The number of thiophene rings is 1. The van der Waals surface area contributed by atoms with Crippen LogP contribution in [0.3, 0.4) is 0 Å². The van der Waals surface area contributed by atoms with Gasteiger partial charge in [-0.2, -0.15) is 4.98 Å². The minimum absolute atomic E-state index is 0.0753. The van der Waals surface area contributed by atoms with Crippen molar-refractivity contribution in [1.29, 1.82) is 0 Å². The third kappa shape index (κ3) is 4.21. The maximum Gasteiger partial charge on any atom is 0.223 e. The van der Waals surface area contributed by atoms with Crippen LogP contribution in [0.4, 0.5) is 17.5 Å². The highest BCUT2D eigenvalue weighted by atomic mass is 32.1. The Morgan fingerprint density at radius 3 is 2.64 bits per heavy atom. The van der Waals surface area contributed by atoms with E-state index in [1.54, 1.807) is 6.34 Å². The SMILES string of the molecule is C/C=C(\C=C/C(C)C)N(C)C=Nc1c(C=O)sc2nc(N)nc(N)c12. The van der Waals surface area contributed by atoms with Gasteiger partial charge in [-0.25, -0.2) is 9.98 Å². The van der Waals surface area contributed by atoms with Crippen LogP contribution < -0.4 is 11.5 Å². The van der Waals surface area contributed by atoms with Gasteiger partial charge >= 0.3 is 0 Å². The molecule has 7 nitrogen and oxygen atoms in total. The van der Waals surface area contributed by atoms with Gasteiger partial charge in [-0.3, -0.25) is 4.79 Å². The van der Waals surface area contributed by atoms with E-state index in [1.807, 2.05) is 31.0 Å². The maximum absolute atomic E-state index is 11.4. The van der Waals surface area contributed by atoms with Gasteiger partial charge in [0.1, 0.15) is 10.6 Å². The Hall–Kier alpha value is -2.74. The molecule has 4 N–H and O–H groups in total. The second kappa shape index (κ2) is 7.89. The molecule has 0 bridgehead atoms. The summed E-state index contributed by atoms with van der Waals surface area (Å²) in [7, 11) is 1.89. The Morgan fingerprint density at radius 1 is 1.32 bits per heavy atom. The summed E-state index contributed by atoms with van der Waals surface area (Å²) >= 11 is 1.19. The molecule has 0 aromatic carbocycles. The predicted octanol–water partition coefficient (Wildman–Crippen LogP) is 3.38. The fourth-order valence-electron chi connectivity index (χ4n) is 2.17. The summed E-state index contributed by atoms with van der Waals surface area (Å²) < 4.78 is 0. The van der Waals surface area contributed by atoms with E-state index in [2.05, 4.69) is 34.9 Å². The molecule has 0 unspecified atom stereocenters. The van der Waals surface area contributed by atoms with Gasteiger partial charge in [-0.05, 0) is 18.9 Å². The Kier molecular flexibility index (Phi) is 5.87. The summed E-state index contributed by atoms with van der Waals surface area (Å²) in [5.74, 6) is 0.740. The van der Waals surface area contributed by atoms with Crippen molar-refractivity contribution in [3.63, 3.8) is 0 Å². The maximum atomic E-state index is 11.4. The summed E-state index contributed by atoms with van der Waals surface area (Å²) in [6.07, 6.45) is 8.50. The number of hydrogen-bond donors (Lipinski definition) is 2. The molecule has 25 heavy (non-hydrogen) atoms. The number of anilines is 2. The highest BCUT2D eigenvalue weighted by Crippen LogP contribution is 2.38. The zero-order valence-corrected chi connectivity index (χ0v) is 15.5. The minimum atomic E-state index is 0.0753. The molecule has 2 aromatic rings. The average molecular weight is 358 g/mol. The number of aliphatic imine (C=N–C) groups is 1. The molecule has 2 rings (SSSR count). The molecule has 0 saturated carbocycles. The van der Waals surface area contributed by atoms with Gasteiger partial charge in [0.15, 0.2) is 6.29 Å². The second-order valence-electron chi connectivity index (χ2n) is 5.75. The number of nitrogens with zero attached hydrogens (tertiary/aromatic N) is 4. The zero-order valence-electron chi connectivity index (χ0n) is 14.7. The molecule has 2 aromatic heterocycles. The highest BCUT2D eigenvalue weighted by molar-refractivity contribution is 7.21. The molecule has 0 atom stereocenters. The quantitative estimate of drug-likeness (QED) is 0.354. The smallest absolute Gasteiger partial charge is 0.223 e. The fourth-order valence-corrected chi connectivity index (χ4v) is 3.12. The van der Waals surface area contributed by atoms with Crippen LogP contribution in [-0.4, -0.2) is 34.5 Å². The van der Waals surface area contributed by atoms with Crippen LogP contribution in [0.1, 0.15) is 30.4 Å². The molecule has 0 spiro atoms. The summed E-state index contributed by atoms with van der Waals surface area (Å²) in [6, 6.07) is 0. The molecule has 0 aliphatic heterocycles. The number of aldehydes is 1. The van der Waals surface area contributed by atoms with E-state index in [-0.39, 0.29) is 11.8 Å². The van der Waals surface area contributed by atoms with Gasteiger partial charge in [0.25, 0.3) is 0 Å². The largest absolute Gasteiger partial charge is 0.383 e. The molecule has 0 aliphatic carbocycles. The lowest BCUT2D eigenvalue weighted by Gasteiger charge is -2.14. The summed E-state index contributed by atoms with van der Waals surface area (Å²) in [4.78, 5) is 26.8. The van der Waals surface area contributed by atoms with E-state index in [1.165, 1.54) is 11.3 Å². The van der Waals surface area contributed by atoms with Crippen molar-refractivity contribution < 1.29 is 4.79 Å². The number of allylic oxidation sites excluding steroid dienone is 3. The standard InChI is InChI=1S/C17H22N6OS/c1-5-11(7-6-10(2)3)23(4)9-20-14-12(8-24)25-16-13(14)15(18)21-17(19)22-16/h5-10H,1-4H3,(H4,18,19,21,22)/b7-6-,11-5+,20-9?. The first-order chi connectivity index (χ1) is 11.9. The van der Waals surface area contributed by atoms with Crippen molar-refractivity contribution in [2.45, 2.75) is 20.8 Å². The van der Waals surface area contributed by atoms with Crippen LogP contribution in [0.25, 0.3) is 10.2 Å². The van der Waals surface area contributed by atoms with Gasteiger partial charge in [0, 0.05) is 12.7 Å². The number of rotatable bonds is 6. The normalized spacial score (nSPS) is 12.8. The van der Waals surface area contributed by atoms with Crippen molar-refractivity contribution in [2.24, 2.45) is 10.9 Å². The zero-order chi connectivity index (χ0) is 18.6. The van der Waals surface area contributed by atoms with E-state index in [9.17, 15) is 4.79 Å². The minimum Gasteiger partial charge on any atom is -0.383 e. The van der Waals surface area contributed by atoms with Crippen LogP contribution in [-0.2, 0) is 0 Å². The van der Waals surface area contributed by atoms with Gasteiger partial charge in [0.05, 0.1) is 22.3 Å². The molecule has 0 fully saturated rings. The first kappa shape index (κ1) is 18.6. The van der Waals surface area contributed by atoms with Crippen molar-refractivity contribution in [1.82, 2.24) is 14.9 Å². The molecule has 0 aliphatic rings. The van der Waals surface area contributed by atoms with E-state index in [0.717, 1.165) is 12.0 Å². The van der Waals surface area contributed by atoms with Gasteiger partial charge in [-0.1, -0.05) is 26.0 Å². The van der Waals surface area contributed by atoms with Gasteiger partial charge in [0.2, 0.25) is 5.95 Å². The number of nitrogen functional groups attached to an aromatic ring is 2. The summed E-state index contributed by atoms with van der Waals surface area (Å²) in [5.41, 5.74) is 13.0. The van der Waals surface area contributed by atoms with Gasteiger partial charge in [-0.15, -0.1) is 11.3 Å². The number of fused-ring (bicyclic) bond motifs is 1. The molecule has 0 amide bonds. The number of carbonyl (C=O) groups is 1. The fraction of sp³-hybridized carbons (Fsp3) is 0.294. The van der Waals surface area contributed by atoms with E-state index in [4.69, 9.17) is 11.5 Å². The molecule has 2 heterocycles. The highest BCUT2D eigenvalue weighted by Gasteiger charge is 2.16. The van der Waals surface area contributed by atoms with Crippen LogP contribution in [0.5, 0.6) is 0 Å². The molecular formula is C17H22N6OS. The Labute approximate surface area is 150 Å². The molecule has 8 heteroatoms. The lowest BCUT2D eigenvalue weighted by Crippen LogP contribution is -2.13. The second-order valence-corrected chi connectivity index (χ2v) is 6.78. The topological polar surface area (TPSA) is 110 Å². The van der Waals surface area contributed by atoms with E-state index in [0.29, 0.717) is 26.7 Å². The third-order valence-electron chi connectivity index (χ3n) is 3.42. The lowest BCUT2D eigenvalue weighted by molar-refractivity contribution is 0.112. The monoisotopic (exact) mass is 358 g/mol. The Morgan fingerprint density at radius 2 is 2.04 bits per heavy atom. The van der Waals surface area contributed by atoms with Crippen molar-refractivity contribution in [3.8, 4) is 0 Å². The van der Waals surface area contributed by atoms with Crippen molar-refractivity contribution in [2.75, 3.05) is 18.5 Å². The van der Waals surface area contributed by atoms with Crippen LogP contribution in [0.15, 0.2) is 28.9 Å². The summed E-state index contributed by atoms with van der Waals surface area (Å²) in [6.45, 7) is 6.18. The van der Waals surface area contributed by atoms with E-state index < -0.39 is 0 Å². The number of hydrogen-bond acceptors (Lipinski definition) is 7. The first-order valence-corrected chi connectivity index (χ1v) is 8.61. The average Bonchev–Trinajstić information content (AvgIpc) is 2.90. The lowest BCUT2D eigenvalue weighted by atomic mass is 10.2. The van der Waals surface area contributed by atoms with Crippen LogP contribution in [0.2, 0.25) is 0 Å². The number of carbonyl (C=O) groups excluding carboxylic acids is 1. The number of nitrogens with two attached hydrogens (primary N) is 2. The van der Waals surface area contributed by atoms with Crippen LogP contribution in [0, 0.1) is 5.92 Å². The van der Waals surface area contributed by atoms with Crippen LogP contribution >= 0.6 is 11.3 Å². The van der Waals surface area contributed by atoms with Crippen molar-refractivity contribution >= 4 is 51.6 Å². The first-order valence-electron chi connectivity index (χ1n) is 7.79. The predicted molar refractivity (Wildman–Crippen MR) is 105 cm³/mol. The molecule has 0 radical (unpaired) electrons. The third-order valence-corrected chi connectivity index (χ3v) is 4.42. The Balaban J connectivity index is 2.42. The summed E-state index contributed by atoms with van der Waals surface area (Å²) in [5, 5.41) is 0.547. The molecule has 0 saturated heterocycles. The number of aromatic nitrogens is 2. The molecular weight excluding hydrogens is 336 g/mol. The Bertz CT molecular complexity index is 866. The van der Waals surface area contributed by atoms with Gasteiger partial charge < -0.3 is 16.4 Å². The van der Waals surface area contributed by atoms with Crippen molar-refractivity contribution in [3.05, 3.63) is 28.8 Å². The number of likely N-dealkylation sites (N-methyl/N-ethyl adjacent to an activating group) is 1. The van der Waals surface area contributed by atoms with E-state index >= 15 is 0 Å².